The lowest BCUT2D eigenvalue weighted by atomic mass is 10.1. The molecule has 0 bridgehead atoms. The first-order valence-corrected chi connectivity index (χ1v) is 7.24. The van der Waals surface area contributed by atoms with Gasteiger partial charge in [-0.3, -0.25) is 4.79 Å². The molecule has 1 atom stereocenters. The number of amides is 1. The van der Waals surface area contributed by atoms with E-state index in [-0.39, 0.29) is 30.3 Å². The number of carbonyl (C=O) groups excluding carboxylic acids is 1. The zero-order valence-electron chi connectivity index (χ0n) is 12.2. The molecule has 1 unspecified atom stereocenters. The number of alkyl halides is 3. The minimum atomic E-state index is -4.52. The largest absolute Gasteiger partial charge is 0.479 e. The second-order valence-corrected chi connectivity index (χ2v) is 5.46. The number of carboxylic acids is 1. The van der Waals surface area contributed by atoms with Crippen LogP contribution in [0.2, 0.25) is 5.02 Å². The Balaban J connectivity index is 2.12. The maximum absolute atomic E-state index is 12.7. The van der Waals surface area contributed by atoms with E-state index in [1.54, 1.807) is 0 Å². The topological polar surface area (TPSA) is 66.8 Å². The molecule has 1 aromatic carbocycles. The zero-order chi connectivity index (χ0) is 17.9. The molecule has 1 N–H and O–H groups in total. The van der Waals surface area contributed by atoms with Gasteiger partial charge in [0.15, 0.2) is 6.10 Å². The Labute approximate surface area is 140 Å². The van der Waals surface area contributed by atoms with Crippen molar-refractivity contribution in [3.05, 3.63) is 40.4 Å². The van der Waals surface area contributed by atoms with Crippen molar-refractivity contribution < 1.29 is 32.6 Å². The van der Waals surface area contributed by atoms with Crippen LogP contribution in [0.3, 0.4) is 0 Å². The van der Waals surface area contributed by atoms with E-state index < -0.39 is 29.7 Å². The van der Waals surface area contributed by atoms with Gasteiger partial charge in [-0.1, -0.05) is 11.6 Å². The number of rotatable bonds is 3. The van der Waals surface area contributed by atoms with Crippen molar-refractivity contribution in [1.82, 2.24) is 4.90 Å². The van der Waals surface area contributed by atoms with E-state index in [1.807, 2.05) is 0 Å². The number of carbonyl (C=O) groups is 2. The lowest BCUT2D eigenvalue weighted by molar-refractivity contribution is -0.158. The van der Waals surface area contributed by atoms with Crippen molar-refractivity contribution in [3.8, 4) is 0 Å². The fraction of sp³-hybridized carbons (Fsp3) is 0.333. The molecule has 0 saturated carbocycles. The first kappa shape index (κ1) is 18.3. The molecule has 1 amide bonds. The Kier molecular flexibility index (Phi) is 5.51. The average Bonchev–Trinajstić information content (AvgIpc) is 2.52. The fourth-order valence-electron chi connectivity index (χ4n) is 2.11. The normalized spacial score (nSPS) is 18.8. The van der Waals surface area contributed by atoms with Gasteiger partial charge in [-0.05, 0) is 29.8 Å². The molecule has 0 spiro atoms. The number of nitrogens with zero attached hydrogens (tertiary/aromatic N) is 1. The summed E-state index contributed by atoms with van der Waals surface area (Å²) in [5.41, 5.74) is -0.834. The number of carboxylic acid groups (broad SMARTS) is 1. The molecule has 5 nitrogen and oxygen atoms in total. The van der Waals surface area contributed by atoms with Crippen LogP contribution in [0.4, 0.5) is 13.2 Å². The molecule has 1 fully saturated rings. The smallest absolute Gasteiger partial charge is 0.416 e. The number of halogens is 4. The van der Waals surface area contributed by atoms with Crippen molar-refractivity contribution in [2.24, 2.45) is 0 Å². The molecule has 9 heteroatoms. The van der Waals surface area contributed by atoms with Crippen molar-refractivity contribution in [3.63, 3.8) is 0 Å². The van der Waals surface area contributed by atoms with Gasteiger partial charge in [0.25, 0.3) is 0 Å². The third-order valence-corrected chi connectivity index (χ3v) is 3.73. The molecule has 1 aromatic rings. The van der Waals surface area contributed by atoms with Gasteiger partial charge in [-0.2, -0.15) is 13.2 Å². The number of morpholine rings is 1. The highest BCUT2D eigenvalue weighted by Crippen LogP contribution is 2.32. The molecule has 1 heterocycles. The average molecular weight is 364 g/mol. The summed E-state index contributed by atoms with van der Waals surface area (Å²) in [4.78, 5) is 24.2. The maximum atomic E-state index is 12.7. The summed E-state index contributed by atoms with van der Waals surface area (Å²) in [5, 5.41) is 8.95. The standard InChI is InChI=1S/C15H13ClF3NO4/c16-11-3-2-10(15(17,18)19)7-9(11)1-4-13(21)20-5-6-24-12(8-20)14(22)23/h1-4,7,12H,5-6,8H2,(H,22,23)/b4-1+. The predicted octanol–water partition coefficient (Wildman–Crippen LogP) is 2.68. The summed E-state index contributed by atoms with van der Waals surface area (Å²) in [7, 11) is 0. The van der Waals surface area contributed by atoms with Gasteiger partial charge in [0.2, 0.25) is 5.91 Å². The van der Waals surface area contributed by atoms with Gasteiger partial charge in [0, 0.05) is 17.6 Å². The van der Waals surface area contributed by atoms with Gasteiger partial charge in [-0.15, -0.1) is 0 Å². The molecule has 24 heavy (non-hydrogen) atoms. The van der Waals surface area contributed by atoms with Crippen molar-refractivity contribution >= 4 is 29.6 Å². The Morgan fingerprint density at radius 1 is 1.38 bits per heavy atom. The minimum Gasteiger partial charge on any atom is -0.479 e. The van der Waals surface area contributed by atoms with Crippen LogP contribution in [0.25, 0.3) is 6.08 Å². The Bertz CT molecular complexity index is 675. The van der Waals surface area contributed by atoms with E-state index >= 15 is 0 Å². The van der Waals surface area contributed by atoms with Crippen molar-refractivity contribution in [2.45, 2.75) is 12.3 Å². The van der Waals surface area contributed by atoms with Gasteiger partial charge >= 0.3 is 12.1 Å². The van der Waals surface area contributed by atoms with Crippen LogP contribution in [-0.4, -0.2) is 47.7 Å². The maximum Gasteiger partial charge on any atom is 0.416 e. The molecular weight excluding hydrogens is 351 g/mol. The number of hydrogen-bond acceptors (Lipinski definition) is 3. The molecule has 0 aromatic heterocycles. The lowest BCUT2D eigenvalue weighted by Gasteiger charge is -2.30. The molecule has 1 aliphatic rings. The van der Waals surface area contributed by atoms with Gasteiger partial charge in [0.1, 0.15) is 0 Å². The third-order valence-electron chi connectivity index (χ3n) is 3.38. The van der Waals surface area contributed by atoms with E-state index in [9.17, 15) is 22.8 Å². The van der Waals surface area contributed by atoms with Crippen LogP contribution >= 0.6 is 11.6 Å². The summed E-state index contributed by atoms with van der Waals surface area (Å²) in [6.45, 7) is 0.138. The number of aliphatic carboxylic acids is 1. The number of ether oxygens (including phenoxy) is 1. The van der Waals surface area contributed by atoms with Crippen molar-refractivity contribution in [2.75, 3.05) is 19.7 Å². The summed E-state index contributed by atoms with van der Waals surface area (Å²) in [5.74, 6) is -1.71. The van der Waals surface area contributed by atoms with Crippen LogP contribution in [0.1, 0.15) is 11.1 Å². The highest BCUT2D eigenvalue weighted by atomic mass is 35.5. The second kappa shape index (κ2) is 7.23. The highest BCUT2D eigenvalue weighted by molar-refractivity contribution is 6.32. The number of benzene rings is 1. The van der Waals surface area contributed by atoms with E-state index in [0.717, 1.165) is 24.3 Å². The van der Waals surface area contributed by atoms with E-state index in [4.69, 9.17) is 21.4 Å². The quantitative estimate of drug-likeness (QED) is 0.838. The number of hydrogen-bond donors (Lipinski definition) is 1. The van der Waals surface area contributed by atoms with Crippen LogP contribution < -0.4 is 0 Å². The molecule has 1 aliphatic heterocycles. The van der Waals surface area contributed by atoms with Crippen LogP contribution in [0.5, 0.6) is 0 Å². The molecule has 0 radical (unpaired) electrons. The summed E-state index contributed by atoms with van der Waals surface area (Å²) >= 11 is 5.84. The third kappa shape index (κ3) is 4.48. The van der Waals surface area contributed by atoms with Gasteiger partial charge in [-0.25, -0.2) is 4.79 Å². The SMILES string of the molecule is O=C(O)C1CN(C(=O)/C=C/c2cc(C(F)(F)F)ccc2Cl)CCO1. The summed E-state index contributed by atoms with van der Waals surface area (Å²) in [6.07, 6.45) is -3.40. The predicted molar refractivity (Wildman–Crippen MR) is 79.4 cm³/mol. The van der Waals surface area contributed by atoms with E-state index in [1.165, 1.54) is 11.0 Å². The molecule has 130 valence electrons. The molecule has 0 aliphatic carbocycles. The molecular formula is C15H13ClF3NO4. The first-order valence-electron chi connectivity index (χ1n) is 6.86. The molecule has 2 rings (SSSR count). The Morgan fingerprint density at radius 2 is 2.08 bits per heavy atom. The second-order valence-electron chi connectivity index (χ2n) is 5.05. The highest BCUT2D eigenvalue weighted by Gasteiger charge is 2.31. The summed E-state index contributed by atoms with van der Waals surface area (Å²) in [6, 6.07) is 2.79. The fourth-order valence-corrected chi connectivity index (χ4v) is 2.29. The Hall–Kier alpha value is -2.06. The zero-order valence-corrected chi connectivity index (χ0v) is 13.0. The first-order chi connectivity index (χ1) is 11.2. The van der Waals surface area contributed by atoms with Crippen LogP contribution in [0.15, 0.2) is 24.3 Å². The lowest BCUT2D eigenvalue weighted by Crippen LogP contribution is -2.48. The van der Waals surface area contributed by atoms with E-state index in [0.29, 0.717) is 0 Å². The van der Waals surface area contributed by atoms with E-state index in [2.05, 4.69) is 0 Å². The van der Waals surface area contributed by atoms with Gasteiger partial charge in [0.05, 0.1) is 18.7 Å². The minimum absolute atomic E-state index is 0.0443. The monoisotopic (exact) mass is 363 g/mol. The van der Waals surface area contributed by atoms with Gasteiger partial charge < -0.3 is 14.7 Å². The van der Waals surface area contributed by atoms with Crippen molar-refractivity contribution in [1.29, 1.82) is 0 Å². The Morgan fingerprint density at radius 3 is 2.71 bits per heavy atom. The molecule has 1 saturated heterocycles. The van der Waals surface area contributed by atoms with Crippen LogP contribution in [0, 0.1) is 0 Å². The van der Waals surface area contributed by atoms with Crippen LogP contribution in [-0.2, 0) is 20.5 Å². The summed E-state index contributed by atoms with van der Waals surface area (Å²) < 4.78 is 43.1.